The molecule has 0 amide bonds. The predicted molar refractivity (Wildman–Crippen MR) is 151 cm³/mol. The van der Waals surface area contributed by atoms with E-state index in [-0.39, 0.29) is 5.82 Å². The fourth-order valence-corrected chi connectivity index (χ4v) is 4.75. The Balaban J connectivity index is 1.41. The third kappa shape index (κ3) is 4.72. The molecule has 0 atom stereocenters. The van der Waals surface area contributed by atoms with E-state index in [4.69, 9.17) is 9.97 Å². The number of H-pyrrole nitrogens is 2. The molecule has 3 N–H and O–H groups in total. The van der Waals surface area contributed by atoms with Gasteiger partial charge in [0, 0.05) is 49.3 Å². The van der Waals surface area contributed by atoms with E-state index in [2.05, 4.69) is 42.4 Å². The maximum Gasteiger partial charge on any atom is 0.161 e. The average molecular weight is 525 g/mol. The number of aromatic nitrogens is 8. The maximum atomic E-state index is 14.6. The summed E-state index contributed by atoms with van der Waals surface area (Å²) in [6.45, 7) is 3.61. The normalized spacial score (nSPS) is 11.7. The Hall–Kier alpha value is -4.64. The zero-order valence-corrected chi connectivity index (χ0v) is 22.2. The van der Waals surface area contributed by atoms with Crippen LogP contribution >= 0.6 is 0 Å². The quantitative estimate of drug-likeness (QED) is 0.266. The van der Waals surface area contributed by atoms with E-state index in [0.29, 0.717) is 40.3 Å². The van der Waals surface area contributed by atoms with Crippen LogP contribution in [0.15, 0.2) is 48.9 Å². The highest BCUT2D eigenvalue weighted by atomic mass is 19.1. The molecule has 5 aromatic heterocycles. The van der Waals surface area contributed by atoms with E-state index in [0.717, 1.165) is 46.5 Å². The molecule has 0 bridgehead atoms. The lowest BCUT2D eigenvalue weighted by atomic mass is 10.1. The first-order chi connectivity index (χ1) is 18.9. The first kappa shape index (κ1) is 24.7. The monoisotopic (exact) mass is 524 g/mol. The number of fused-ring (bicyclic) bond motifs is 2. The standard InChI is InChI=1S/C28H29FN10/c1-5-21-20(15-39(4)37-21)22-6-7-23-26(32-22)27(36-35-23)28-33-24-14-30-13-19(25(24)34-28)16-10-17(29)12-18(11-16)31-8-9-38(2)3/h6-7,10-15,31H,5,8-9H2,1-4H3,(H,33,34)(H,35,36). The summed E-state index contributed by atoms with van der Waals surface area (Å²) in [7, 11) is 5.91. The zero-order valence-electron chi connectivity index (χ0n) is 22.2. The molecule has 39 heavy (non-hydrogen) atoms. The molecule has 1 aromatic carbocycles. The number of aromatic amines is 2. The van der Waals surface area contributed by atoms with Crippen molar-refractivity contribution in [3.8, 4) is 33.9 Å². The van der Waals surface area contributed by atoms with Crippen LogP contribution in [-0.4, -0.2) is 72.0 Å². The van der Waals surface area contributed by atoms with Crippen molar-refractivity contribution in [3.63, 3.8) is 0 Å². The molecule has 0 saturated carbocycles. The molecule has 0 spiro atoms. The molecule has 5 heterocycles. The van der Waals surface area contributed by atoms with Gasteiger partial charge >= 0.3 is 0 Å². The summed E-state index contributed by atoms with van der Waals surface area (Å²) in [5.41, 5.74) is 8.42. The number of anilines is 1. The molecule has 0 radical (unpaired) electrons. The molecular weight excluding hydrogens is 495 g/mol. The van der Waals surface area contributed by atoms with Gasteiger partial charge in [-0.15, -0.1) is 0 Å². The summed E-state index contributed by atoms with van der Waals surface area (Å²) in [5, 5.41) is 15.4. The number of halogens is 1. The highest BCUT2D eigenvalue weighted by Crippen LogP contribution is 2.33. The molecule has 11 heteroatoms. The summed E-state index contributed by atoms with van der Waals surface area (Å²) in [5.74, 6) is 0.224. The van der Waals surface area contributed by atoms with Gasteiger partial charge in [0.15, 0.2) is 11.5 Å². The molecule has 0 aliphatic carbocycles. The van der Waals surface area contributed by atoms with Crippen molar-refractivity contribution in [2.75, 3.05) is 32.5 Å². The van der Waals surface area contributed by atoms with E-state index < -0.39 is 0 Å². The summed E-state index contributed by atoms with van der Waals surface area (Å²) in [6.07, 6.45) is 6.20. The minimum absolute atomic E-state index is 0.329. The molecule has 0 aliphatic rings. The summed E-state index contributed by atoms with van der Waals surface area (Å²) in [4.78, 5) is 19.6. The van der Waals surface area contributed by atoms with Gasteiger partial charge in [-0.05, 0) is 56.4 Å². The fourth-order valence-electron chi connectivity index (χ4n) is 4.75. The Morgan fingerprint density at radius 2 is 1.90 bits per heavy atom. The molecule has 6 rings (SSSR count). The van der Waals surface area contributed by atoms with Crippen LogP contribution in [0.2, 0.25) is 0 Å². The highest BCUT2D eigenvalue weighted by molar-refractivity contribution is 5.96. The second kappa shape index (κ2) is 9.91. The van der Waals surface area contributed by atoms with Crippen LogP contribution in [0.1, 0.15) is 12.6 Å². The maximum absolute atomic E-state index is 14.6. The number of aryl methyl sites for hydroxylation is 2. The number of likely N-dealkylation sites (N-methyl/N-ethyl adjacent to an activating group) is 1. The van der Waals surface area contributed by atoms with Crippen molar-refractivity contribution in [1.29, 1.82) is 0 Å². The molecule has 0 aliphatic heterocycles. The van der Waals surface area contributed by atoms with Crippen LogP contribution in [0, 0.1) is 5.82 Å². The molecule has 198 valence electrons. The van der Waals surface area contributed by atoms with Gasteiger partial charge in [0.05, 0.1) is 34.1 Å². The zero-order chi connectivity index (χ0) is 27.1. The van der Waals surface area contributed by atoms with Gasteiger partial charge < -0.3 is 15.2 Å². The van der Waals surface area contributed by atoms with E-state index in [9.17, 15) is 4.39 Å². The van der Waals surface area contributed by atoms with Crippen LogP contribution in [0.3, 0.4) is 0 Å². The van der Waals surface area contributed by atoms with Crippen molar-refractivity contribution < 1.29 is 4.39 Å². The minimum Gasteiger partial charge on any atom is -0.384 e. The predicted octanol–water partition coefficient (Wildman–Crippen LogP) is 4.64. The number of nitrogens with one attached hydrogen (secondary N) is 3. The molecule has 0 unspecified atom stereocenters. The van der Waals surface area contributed by atoms with E-state index in [1.165, 1.54) is 12.1 Å². The SMILES string of the molecule is CCc1nn(C)cc1-c1ccc2[nH]nc(-c3nc4c(-c5cc(F)cc(NCCN(C)C)c5)cncc4[nH]3)c2n1. The van der Waals surface area contributed by atoms with Crippen LogP contribution < -0.4 is 5.32 Å². The lowest BCUT2D eigenvalue weighted by Crippen LogP contribution is -2.20. The van der Waals surface area contributed by atoms with Gasteiger partial charge in [0.2, 0.25) is 0 Å². The first-order valence-corrected chi connectivity index (χ1v) is 12.8. The number of hydrogen-bond acceptors (Lipinski definition) is 7. The van der Waals surface area contributed by atoms with Crippen LogP contribution in [0.25, 0.3) is 56.0 Å². The largest absolute Gasteiger partial charge is 0.384 e. The number of hydrogen-bond donors (Lipinski definition) is 3. The van der Waals surface area contributed by atoms with Crippen molar-refractivity contribution in [2.24, 2.45) is 7.05 Å². The van der Waals surface area contributed by atoms with Crippen LogP contribution in [0.5, 0.6) is 0 Å². The second-order valence-electron chi connectivity index (χ2n) is 9.81. The van der Waals surface area contributed by atoms with Crippen molar-refractivity contribution in [1.82, 2.24) is 44.8 Å². The smallest absolute Gasteiger partial charge is 0.161 e. The van der Waals surface area contributed by atoms with Crippen molar-refractivity contribution in [3.05, 3.63) is 60.4 Å². The number of pyridine rings is 2. The third-order valence-electron chi connectivity index (χ3n) is 6.64. The lowest BCUT2D eigenvalue weighted by Gasteiger charge is -2.12. The highest BCUT2D eigenvalue weighted by Gasteiger charge is 2.19. The van der Waals surface area contributed by atoms with Crippen molar-refractivity contribution >= 4 is 27.8 Å². The van der Waals surface area contributed by atoms with Gasteiger partial charge in [-0.1, -0.05) is 6.92 Å². The van der Waals surface area contributed by atoms with E-state index >= 15 is 0 Å². The van der Waals surface area contributed by atoms with Gasteiger partial charge in [0.25, 0.3) is 0 Å². The Bertz CT molecular complexity index is 1800. The first-order valence-electron chi connectivity index (χ1n) is 12.8. The van der Waals surface area contributed by atoms with Crippen molar-refractivity contribution in [2.45, 2.75) is 13.3 Å². The van der Waals surface area contributed by atoms with Crippen LogP contribution in [-0.2, 0) is 13.5 Å². The molecule has 0 fully saturated rings. The summed E-state index contributed by atoms with van der Waals surface area (Å²) in [6, 6.07) is 8.84. The molecule has 6 aromatic rings. The summed E-state index contributed by atoms with van der Waals surface area (Å²) >= 11 is 0. The molecular formula is C28H29FN10. The third-order valence-corrected chi connectivity index (χ3v) is 6.64. The molecule has 0 saturated heterocycles. The average Bonchev–Trinajstić information content (AvgIpc) is 3.63. The van der Waals surface area contributed by atoms with Gasteiger partial charge in [-0.25, -0.2) is 14.4 Å². The van der Waals surface area contributed by atoms with Crippen LogP contribution in [0.4, 0.5) is 10.1 Å². The second-order valence-corrected chi connectivity index (χ2v) is 9.81. The molecule has 10 nitrogen and oxygen atoms in total. The number of nitrogens with zero attached hydrogens (tertiary/aromatic N) is 7. The Morgan fingerprint density at radius 1 is 1.03 bits per heavy atom. The van der Waals surface area contributed by atoms with Gasteiger partial charge in [-0.3, -0.25) is 14.8 Å². The Labute approximate surface area is 224 Å². The lowest BCUT2D eigenvalue weighted by molar-refractivity contribution is 0.425. The van der Waals surface area contributed by atoms with Gasteiger partial charge in [-0.2, -0.15) is 10.2 Å². The fraction of sp³-hybridized carbons (Fsp3) is 0.250. The Kier molecular flexibility index (Phi) is 6.27. The number of imidazole rings is 1. The van der Waals surface area contributed by atoms with Gasteiger partial charge in [0.1, 0.15) is 11.3 Å². The number of rotatable bonds is 8. The summed E-state index contributed by atoms with van der Waals surface area (Å²) < 4.78 is 16.4. The van der Waals surface area contributed by atoms with E-state index in [1.807, 2.05) is 45.5 Å². The van der Waals surface area contributed by atoms with E-state index in [1.54, 1.807) is 17.1 Å². The number of benzene rings is 1. The topological polar surface area (TPSA) is 116 Å². The Morgan fingerprint density at radius 3 is 2.72 bits per heavy atom. The minimum atomic E-state index is -0.329.